The molecule has 0 spiro atoms. The van der Waals surface area contributed by atoms with Crippen molar-refractivity contribution in [3.63, 3.8) is 0 Å². The highest BCUT2D eigenvalue weighted by molar-refractivity contribution is 7.08. The van der Waals surface area contributed by atoms with Gasteiger partial charge in [-0.2, -0.15) is 11.3 Å². The molecule has 0 unspecified atom stereocenters. The molecule has 0 radical (unpaired) electrons. The summed E-state index contributed by atoms with van der Waals surface area (Å²) in [5, 5.41) is 7.43. The Hall–Kier alpha value is -3.17. The molecule has 130 valence electrons. The molecule has 5 rings (SSSR count). The Morgan fingerprint density at radius 2 is 1.59 bits per heavy atom. The van der Waals surface area contributed by atoms with Crippen molar-refractivity contribution in [2.24, 2.45) is 0 Å². The van der Waals surface area contributed by atoms with Crippen molar-refractivity contribution in [2.75, 3.05) is 0 Å². The number of ketones is 1. The minimum absolute atomic E-state index is 0.173. The van der Waals surface area contributed by atoms with E-state index in [-0.39, 0.29) is 5.78 Å². The molecule has 2 heterocycles. The van der Waals surface area contributed by atoms with E-state index in [1.165, 1.54) is 21.9 Å². The van der Waals surface area contributed by atoms with Gasteiger partial charge in [0.05, 0.1) is 0 Å². The average Bonchev–Trinajstić information content (AvgIpc) is 3.38. The monoisotopic (exact) mass is 367 g/mol. The van der Waals surface area contributed by atoms with Crippen LogP contribution < -0.4 is 0 Å². The molecule has 3 aromatic carbocycles. The van der Waals surface area contributed by atoms with Crippen molar-refractivity contribution in [1.29, 1.82) is 0 Å². The van der Waals surface area contributed by atoms with Crippen LogP contribution in [0.1, 0.15) is 15.9 Å². The summed E-state index contributed by atoms with van der Waals surface area (Å²) in [6.07, 6.45) is 2.41. The third-order valence-electron chi connectivity index (χ3n) is 5.00. The second-order valence-corrected chi connectivity index (χ2v) is 7.57. The first-order chi connectivity index (χ1) is 13.3. The highest BCUT2D eigenvalue weighted by Crippen LogP contribution is 2.28. The number of rotatable bonds is 4. The largest absolute Gasteiger partial charge is 0.361 e. The van der Waals surface area contributed by atoms with Crippen LogP contribution in [0.5, 0.6) is 0 Å². The number of carbonyl (C=O) groups is 1. The van der Waals surface area contributed by atoms with Gasteiger partial charge in [-0.25, -0.2) is 0 Å². The second kappa shape index (κ2) is 6.53. The van der Waals surface area contributed by atoms with E-state index in [1.807, 2.05) is 23.0 Å². The van der Waals surface area contributed by atoms with Gasteiger partial charge in [0.15, 0.2) is 5.78 Å². The summed E-state index contributed by atoms with van der Waals surface area (Å²) in [5.41, 5.74) is 5.42. The Kier molecular flexibility index (Phi) is 3.88. The van der Waals surface area contributed by atoms with Gasteiger partial charge in [-0.15, -0.1) is 0 Å². The van der Waals surface area contributed by atoms with E-state index in [1.54, 1.807) is 11.3 Å². The van der Waals surface area contributed by atoms with E-state index in [9.17, 15) is 4.79 Å². The van der Waals surface area contributed by atoms with E-state index < -0.39 is 0 Å². The highest BCUT2D eigenvalue weighted by atomic mass is 32.1. The fraction of sp³-hybridized carbons (Fsp3) is 0.0417. The summed E-state index contributed by atoms with van der Waals surface area (Å²) in [7, 11) is 0. The van der Waals surface area contributed by atoms with Crippen LogP contribution in [0.3, 0.4) is 0 Å². The van der Waals surface area contributed by atoms with Crippen molar-refractivity contribution in [2.45, 2.75) is 6.42 Å². The first-order valence-electron chi connectivity index (χ1n) is 8.92. The predicted molar refractivity (Wildman–Crippen MR) is 114 cm³/mol. The molecular weight excluding hydrogens is 350 g/mol. The lowest BCUT2D eigenvalue weighted by Crippen LogP contribution is -2.01. The Balaban J connectivity index is 1.46. The Morgan fingerprint density at radius 3 is 2.44 bits per heavy atom. The van der Waals surface area contributed by atoms with E-state index >= 15 is 0 Å². The normalized spacial score (nSPS) is 11.3. The minimum Gasteiger partial charge on any atom is -0.361 e. The molecule has 0 atom stereocenters. The first-order valence-corrected chi connectivity index (χ1v) is 9.86. The number of benzene rings is 3. The summed E-state index contributed by atoms with van der Waals surface area (Å²) < 4.78 is 0. The minimum atomic E-state index is 0.173. The molecule has 0 saturated carbocycles. The SMILES string of the molecule is O=C(Cc1ccc2cc(-c3ccc4[nH]ccc4c3)ccc2c1)c1ccsc1. The number of hydrogen-bond acceptors (Lipinski definition) is 2. The molecule has 0 saturated heterocycles. The van der Waals surface area contributed by atoms with Gasteiger partial charge in [-0.3, -0.25) is 4.79 Å². The maximum absolute atomic E-state index is 12.3. The van der Waals surface area contributed by atoms with Gasteiger partial charge in [0.1, 0.15) is 0 Å². The summed E-state index contributed by atoms with van der Waals surface area (Å²) in [5.74, 6) is 0.173. The van der Waals surface area contributed by atoms with Crippen LogP contribution in [0.2, 0.25) is 0 Å². The van der Waals surface area contributed by atoms with E-state index in [0.29, 0.717) is 6.42 Å². The van der Waals surface area contributed by atoms with E-state index in [2.05, 4.69) is 65.6 Å². The van der Waals surface area contributed by atoms with Crippen molar-refractivity contribution < 1.29 is 4.79 Å². The molecule has 27 heavy (non-hydrogen) atoms. The zero-order chi connectivity index (χ0) is 18.2. The zero-order valence-corrected chi connectivity index (χ0v) is 15.4. The summed E-state index contributed by atoms with van der Waals surface area (Å²) in [6.45, 7) is 0. The topological polar surface area (TPSA) is 32.9 Å². The molecule has 3 heteroatoms. The van der Waals surface area contributed by atoms with Crippen LogP contribution in [0, 0.1) is 0 Å². The van der Waals surface area contributed by atoms with Gasteiger partial charge in [-0.05, 0) is 68.6 Å². The number of nitrogens with one attached hydrogen (secondary N) is 1. The van der Waals surface area contributed by atoms with Gasteiger partial charge in [0.25, 0.3) is 0 Å². The van der Waals surface area contributed by atoms with Crippen LogP contribution in [0.4, 0.5) is 0 Å². The first kappa shape index (κ1) is 16.0. The van der Waals surface area contributed by atoms with Gasteiger partial charge in [0, 0.05) is 29.1 Å². The molecule has 0 aliphatic heterocycles. The lowest BCUT2D eigenvalue weighted by Gasteiger charge is -2.07. The maximum atomic E-state index is 12.3. The number of aromatic nitrogens is 1. The molecule has 0 aliphatic carbocycles. The fourth-order valence-electron chi connectivity index (χ4n) is 3.53. The van der Waals surface area contributed by atoms with Crippen LogP contribution in [0.15, 0.2) is 83.7 Å². The molecule has 5 aromatic rings. The quantitative estimate of drug-likeness (QED) is 0.363. The summed E-state index contributed by atoms with van der Waals surface area (Å²) in [6, 6.07) is 23.3. The fourth-order valence-corrected chi connectivity index (χ4v) is 4.19. The Morgan fingerprint density at radius 1 is 0.815 bits per heavy atom. The molecule has 0 amide bonds. The molecule has 2 aromatic heterocycles. The predicted octanol–water partition coefficient (Wildman–Crippen LogP) is 6.48. The lowest BCUT2D eigenvalue weighted by molar-refractivity contribution is 0.0993. The number of carbonyl (C=O) groups excluding carboxylic acids is 1. The van der Waals surface area contributed by atoms with Gasteiger partial charge in [-0.1, -0.05) is 36.4 Å². The maximum Gasteiger partial charge on any atom is 0.168 e. The number of Topliss-reactive ketones (excluding diaryl/α,β-unsaturated/α-hetero) is 1. The van der Waals surface area contributed by atoms with Crippen LogP contribution in [0.25, 0.3) is 32.8 Å². The number of fused-ring (bicyclic) bond motifs is 2. The van der Waals surface area contributed by atoms with Gasteiger partial charge >= 0.3 is 0 Å². The number of aromatic amines is 1. The van der Waals surface area contributed by atoms with Crippen molar-refractivity contribution >= 4 is 38.8 Å². The zero-order valence-electron chi connectivity index (χ0n) is 14.6. The van der Waals surface area contributed by atoms with Crippen LogP contribution in [-0.4, -0.2) is 10.8 Å². The highest BCUT2D eigenvalue weighted by Gasteiger charge is 2.08. The molecule has 0 aliphatic rings. The Labute approximate surface area is 161 Å². The van der Waals surface area contributed by atoms with Crippen molar-refractivity contribution in [3.8, 4) is 11.1 Å². The van der Waals surface area contributed by atoms with Crippen molar-refractivity contribution in [1.82, 2.24) is 4.98 Å². The van der Waals surface area contributed by atoms with E-state index in [4.69, 9.17) is 0 Å². The number of hydrogen-bond donors (Lipinski definition) is 1. The summed E-state index contributed by atoms with van der Waals surface area (Å²) >= 11 is 1.56. The third kappa shape index (κ3) is 3.07. The molecule has 0 fully saturated rings. The second-order valence-electron chi connectivity index (χ2n) is 6.79. The number of H-pyrrole nitrogens is 1. The molecule has 1 N–H and O–H groups in total. The van der Waals surface area contributed by atoms with Crippen molar-refractivity contribution in [3.05, 3.63) is 94.8 Å². The summed E-state index contributed by atoms with van der Waals surface area (Å²) in [4.78, 5) is 15.6. The van der Waals surface area contributed by atoms with Crippen LogP contribution >= 0.6 is 11.3 Å². The van der Waals surface area contributed by atoms with Gasteiger partial charge in [0.2, 0.25) is 0 Å². The Bertz CT molecular complexity index is 1260. The number of thiophene rings is 1. The molecule has 2 nitrogen and oxygen atoms in total. The molecular formula is C24H17NOS. The lowest BCUT2D eigenvalue weighted by atomic mass is 9.97. The third-order valence-corrected chi connectivity index (χ3v) is 5.68. The standard InChI is InChI=1S/C24H17NOS/c26-24(22-8-10-27-15-22)12-16-1-2-18-13-19(4-3-17(18)11-16)20-5-6-23-21(14-20)7-9-25-23/h1-11,13-15,25H,12H2. The smallest absolute Gasteiger partial charge is 0.168 e. The van der Waals surface area contributed by atoms with Crippen LogP contribution in [-0.2, 0) is 6.42 Å². The van der Waals surface area contributed by atoms with Gasteiger partial charge < -0.3 is 4.98 Å². The van der Waals surface area contributed by atoms with E-state index in [0.717, 1.165) is 22.0 Å². The molecule has 0 bridgehead atoms. The average molecular weight is 367 g/mol.